The lowest BCUT2D eigenvalue weighted by molar-refractivity contribution is -0.384. The first kappa shape index (κ1) is 19.0. The first-order valence-electron chi connectivity index (χ1n) is 8.63. The standard InChI is InChI=1S/C19H20ClN3O4/c1-22(9-10-27-16-4-2-3-14(20)12-16)19(24)13-5-8-17(21-15-6-7-15)18(11-13)23(25)26/h2-5,8,11-12,15,21H,6-7,9-10H2,1H3. The van der Waals surface area contributed by atoms with Crippen molar-refractivity contribution >= 4 is 28.9 Å². The second-order valence-corrected chi connectivity index (χ2v) is 6.88. The fourth-order valence-electron chi connectivity index (χ4n) is 2.56. The molecule has 27 heavy (non-hydrogen) atoms. The summed E-state index contributed by atoms with van der Waals surface area (Å²) in [6.45, 7) is 0.618. The number of anilines is 1. The smallest absolute Gasteiger partial charge is 0.293 e. The van der Waals surface area contributed by atoms with Crippen molar-refractivity contribution in [1.29, 1.82) is 0 Å². The summed E-state index contributed by atoms with van der Waals surface area (Å²) in [5, 5.41) is 15.0. The maximum absolute atomic E-state index is 12.6. The maximum atomic E-state index is 12.6. The van der Waals surface area contributed by atoms with E-state index in [0.29, 0.717) is 23.0 Å². The molecule has 2 aromatic carbocycles. The van der Waals surface area contributed by atoms with Gasteiger partial charge in [0.05, 0.1) is 11.5 Å². The number of hydrogen-bond donors (Lipinski definition) is 1. The fraction of sp³-hybridized carbons (Fsp3) is 0.316. The molecule has 0 saturated heterocycles. The topological polar surface area (TPSA) is 84.7 Å². The van der Waals surface area contributed by atoms with E-state index in [0.717, 1.165) is 12.8 Å². The summed E-state index contributed by atoms with van der Waals surface area (Å²) in [7, 11) is 1.63. The van der Waals surface area contributed by atoms with E-state index >= 15 is 0 Å². The highest BCUT2D eigenvalue weighted by atomic mass is 35.5. The predicted octanol–water partition coefficient (Wildman–Crippen LogP) is 3.97. The zero-order valence-corrected chi connectivity index (χ0v) is 15.6. The summed E-state index contributed by atoms with van der Waals surface area (Å²) in [4.78, 5) is 24.9. The Morgan fingerprint density at radius 1 is 1.33 bits per heavy atom. The van der Waals surface area contributed by atoms with Gasteiger partial charge in [0.1, 0.15) is 18.0 Å². The summed E-state index contributed by atoms with van der Waals surface area (Å²) >= 11 is 5.90. The number of halogens is 1. The Bertz CT molecular complexity index is 855. The highest BCUT2D eigenvalue weighted by molar-refractivity contribution is 6.30. The number of ether oxygens (including phenoxy) is 1. The van der Waals surface area contributed by atoms with E-state index in [4.69, 9.17) is 16.3 Å². The molecule has 0 atom stereocenters. The van der Waals surface area contributed by atoms with Crippen LogP contribution in [-0.4, -0.2) is 42.0 Å². The predicted molar refractivity (Wildman–Crippen MR) is 104 cm³/mol. The minimum absolute atomic E-state index is 0.0867. The second kappa shape index (κ2) is 8.26. The summed E-state index contributed by atoms with van der Waals surface area (Å²) in [6, 6.07) is 11.8. The monoisotopic (exact) mass is 389 g/mol. The van der Waals surface area contributed by atoms with Crippen LogP contribution in [0.3, 0.4) is 0 Å². The molecule has 0 radical (unpaired) electrons. The van der Waals surface area contributed by atoms with Crippen LogP contribution in [0, 0.1) is 10.1 Å². The van der Waals surface area contributed by atoms with Gasteiger partial charge in [-0.2, -0.15) is 0 Å². The summed E-state index contributed by atoms with van der Waals surface area (Å²) in [6.07, 6.45) is 2.01. The van der Waals surface area contributed by atoms with Crippen molar-refractivity contribution in [2.75, 3.05) is 25.5 Å². The highest BCUT2D eigenvalue weighted by Crippen LogP contribution is 2.31. The van der Waals surface area contributed by atoms with Gasteiger partial charge in [-0.1, -0.05) is 17.7 Å². The van der Waals surface area contributed by atoms with E-state index in [2.05, 4.69) is 5.32 Å². The number of carbonyl (C=O) groups excluding carboxylic acids is 1. The number of amides is 1. The summed E-state index contributed by atoms with van der Waals surface area (Å²) < 4.78 is 5.58. The molecule has 0 spiro atoms. The van der Waals surface area contributed by atoms with Gasteiger partial charge < -0.3 is 15.0 Å². The van der Waals surface area contributed by atoms with Crippen molar-refractivity contribution in [2.45, 2.75) is 18.9 Å². The number of nitro groups is 1. The lowest BCUT2D eigenvalue weighted by Crippen LogP contribution is -2.31. The number of hydrogen-bond acceptors (Lipinski definition) is 5. The van der Waals surface area contributed by atoms with Crippen LogP contribution in [0.15, 0.2) is 42.5 Å². The largest absolute Gasteiger partial charge is 0.492 e. The SMILES string of the molecule is CN(CCOc1cccc(Cl)c1)C(=O)c1ccc(NC2CC2)c([N+](=O)[O-])c1. The molecule has 142 valence electrons. The first-order valence-corrected chi connectivity index (χ1v) is 9.00. The Balaban J connectivity index is 1.61. The molecule has 0 unspecified atom stereocenters. The second-order valence-electron chi connectivity index (χ2n) is 6.44. The molecule has 7 nitrogen and oxygen atoms in total. The number of rotatable bonds is 8. The van der Waals surface area contributed by atoms with Crippen molar-refractivity contribution in [2.24, 2.45) is 0 Å². The maximum Gasteiger partial charge on any atom is 0.293 e. The van der Waals surface area contributed by atoms with Crippen molar-refractivity contribution < 1.29 is 14.5 Å². The molecule has 0 aromatic heterocycles. The van der Waals surface area contributed by atoms with Gasteiger partial charge >= 0.3 is 0 Å². The molecule has 1 saturated carbocycles. The molecule has 0 aliphatic heterocycles. The third-order valence-electron chi connectivity index (χ3n) is 4.22. The van der Waals surface area contributed by atoms with E-state index < -0.39 is 4.92 Å². The molecule has 1 N–H and O–H groups in total. The van der Waals surface area contributed by atoms with Crippen molar-refractivity contribution in [3.05, 3.63) is 63.2 Å². The number of benzene rings is 2. The average Bonchev–Trinajstić information content (AvgIpc) is 3.45. The van der Waals surface area contributed by atoms with E-state index in [1.165, 1.54) is 11.0 Å². The molecule has 1 fully saturated rings. The Morgan fingerprint density at radius 3 is 2.78 bits per heavy atom. The van der Waals surface area contributed by atoms with Crippen molar-refractivity contribution in [3.63, 3.8) is 0 Å². The Labute approximate surface area is 162 Å². The number of nitro benzene ring substituents is 1. The number of nitrogens with zero attached hydrogens (tertiary/aromatic N) is 2. The van der Waals surface area contributed by atoms with Crippen LogP contribution < -0.4 is 10.1 Å². The van der Waals surface area contributed by atoms with Gasteiger partial charge in [0, 0.05) is 29.7 Å². The van der Waals surface area contributed by atoms with Crippen LogP contribution >= 0.6 is 11.6 Å². The van der Waals surface area contributed by atoms with Crippen LogP contribution in [0.1, 0.15) is 23.2 Å². The molecular weight excluding hydrogens is 370 g/mol. The van der Waals surface area contributed by atoms with Crippen LogP contribution in [0.5, 0.6) is 5.75 Å². The summed E-state index contributed by atoms with van der Waals surface area (Å²) in [5.41, 5.74) is 0.635. The highest BCUT2D eigenvalue weighted by Gasteiger charge is 2.26. The average molecular weight is 390 g/mol. The number of likely N-dealkylation sites (N-methyl/N-ethyl adjacent to an activating group) is 1. The molecule has 8 heteroatoms. The number of nitrogens with one attached hydrogen (secondary N) is 1. The van der Waals surface area contributed by atoms with E-state index in [1.54, 1.807) is 43.4 Å². The molecular formula is C19H20ClN3O4. The Kier molecular flexibility index (Phi) is 5.81. The minimum atomic E-state index is -0.469. The third kappa shape index (κ3) is 5.10. The lowest BCUT2D eigenvalue weighted by Gasteiger charge is -2.18. The molecule has 2 aromatic rings. The van der Waals surface area contributed by atoms with Crippen LogP contribution in [-0.2, 0) is 0 Å². The van der Waals surface area contributed by atoms with Gasteiger partial charge in [-0.25, -0.2) is 0 Å². The molecule has 1 aliphatic carbocycles. The quantitative estimate of drug-likeness (QED) is 0.545. The van der Waals surface area contributed by atoms with E-state index in [9.17, 15) is 14.9 Å². The van der Waals surface area contributed by atoms with Gasteiger partial charge in [-0.15, -0.1) is 0 Å². The molecule has 0 bridgehead atoms. The fourth-order valence-corrected chi connectivity index (χ4v) is 2.74. The van der Waals surface area contributed by atoms with Crippen LogP contribution in [0.2, 0.25) is 5.02 Å². The Hall–Kier alpha value is -2.80. The van der Waals surface area contributed by atoms with Crippen molar-refractivity contribution in [3.8, 4) is 5.75 Å². The minimum Gasteiger partial charge on any atom is -0.492 e. The molecule has 3 rings (SSSR count). The van der Waals surface area contributed by atoms with E-state index in [-0.39, 0.29) is 29.8 Å². The zero-order chi connectivity index (χ0) is 19.4. The third-order valence-corrected chi connectivity index (χ3v) is 4.45. The van der Waals surface area contributed by atoms with Gasteiger partial charge in [-0.3, -0.25) is 14.9 Å². The van der Waals surface area contributed by atoms with Gasteiger partial charge in [-0.05, 0) is 43.2 Å². The van der Waals surface area contributed by atoms with E-state index in [1.807, 2.05) is 0 Å². The lowest BCUT2D eigenvalue weighted by atomic mass is 10.1. The van der Waals surface area contributed by atoms with Gasteiger partial charge in [0.15, 0.2) is 0 Å². The van der Waals surface area contributed by atoms with Crippen molar-refractivity contribution in [1.82, 2.24) is 4.90 Å². The Morgan fingerprint density at radius 2 is 2.11 bits per heavy atom. The van der Waals surface area contributed by atoms with Gasteiger partial charge in [0.25, 0.3) is 11.6 Å². The number of carbonyl (C=O) groups is 1. The normalized spacial score (nSPS) is 13.1. The molecule has 0 heterocycles. The molecule has 1 aliphatic rings. The van der Waals surface area contributed by atoms with Crippen LogP contribution in [0.25, 0.3) is 0 Å². The molecule has 1 amide bonds. The zero-order valence-electron chi connectivity index (χ0n) is 14.9. The summed E-state index contributed by atoms with van der Waals surface area (Å²) in [5.74, 6) is 0.320. The van der Waals surface area contributed by atoms with Gasteiger partial charge in [0.2, 0.25) is 0 Å². The van der Waals surface area contributed by atoms with Crippen LogP contribution in [0.4, 0.5) is 11.4 Å². The first-order chi connectivity index (χ1) is 12.9.